The van der Waals surface area contributed by atoms with Gasteiger partial charge in [-0.25, -0.2) is 0 Å². The van der Waals surface area contributed by atoms with E-state index in [1.807, 2.05) is 0 Å². The largest absolute Gasteiger partial charge is 2.00 e. The van der Waals surface area contributed by atoms with Crippen molar-refractivity contribution in [3.8, 4) is 0 Å². The van der Waals surface area contributed by atoms with Crippen LogP contribution < -0.4 is 6.15 Å². The zero-order valence-corrected chi connectivity index (χ0v) is 3.84. The van der Waals surface area contributed by atoms with Crippen molar-refractivity contribution < 1.29 is 17.1 Å². The van der Waals surface area contributed by atoms with E-state index in [0.717, 1.165) is 0 Å². The third-order valence-corrected chi connectivity index (χ3v) is 0. The molecule has 0 aliphatic rings. The third kappa shape index (κ3) is 71.6. The first kappa shape index (κ1) is 51.0. The Hall–Kier alpha value is -0.541. The van der Waals surface area contributed by atoms with E-state index in [0.29, 0.717) is 0 Å². The molecule has 0 aromatic rings. The zero-order valence-electron chi connectivity index (χ0n) is 2.90. The van der Waals surface area contributed by atoms with Crippen LogP contribution in [0, 0.1) is 23.7 Å². The summed E-state index contributed by atoms with van der Waals surface area (Å²) in [6.45, 7) is 9.50. The van der Waals surface area contributed by atoms with Gasteiger partial charge < -0.3 is 29.8 Å². The molecule has 0 rings (SSSR count). The minimum absolute atomic E-state index is 0. The van der Waals surface area contributed by atoms with Crippen LogP contribution in [0.4, 0.5) is 0 Å². The molecule has 3 N–H and O–H groups in total. The third-order valence-electron chi connectivity index (χ3n) is 0. The second-order valence-electron chi connectivity index (χ2n) is 0. The van der Waals surface area contributed by atoms with Gasteiger partial charge >= 0.3 is 17.1 Å². The summed E-state index contributed by atoms with van der Waals surface area (Å²) in [5.41, 5.74) is 0. The van der Waals surface area contributed by atoms with E-state index in [9.17, 15) is 0 Å². The molecule has 0 saturated carbocycles. The Kier molecular flexibility index (Phi) is 1550. The quantitative estimate of drug-likeness (QED) is 0.382. The SMILES string of the molecule is N.[C-]#N.[C-]#N.[Cu+2]. The van der Waals surface area contributed by atoms with Gasteiger partial charge in [-0.05, 0) is 0 Å². The van der Waals surface area contributed by atoms with Crippen LogP contribution in [0.15, 0.2) is 0 Å². The van der Waals surface area contributed by atoms with Crippen molar-refractivity contribution in [2.24, 2.45) is 0 Å². The average Bonchev–Trinajstić information content (AvgIpc) is 1.50. The molecule has 0 unspecified atom stereocenters. The molecule has 0 atom stereocenters. The van der Waals surface area contributed by atoms with Gasteiger partial charge in [0.2, 0.25) is 0 Å². The molecule has 0 bridgehead atoms. The van der Waals surface area contributed by atoms with Crippen molar-refractivity contribution in [2.75, 3.05) is 0 Å². The van der Waals surface area contributed by atoms with Crippen LogP contribution in [0.5, 0.6) is 0 Å². The fourth-order valence-electron chi connectivity index (χ4n) is 0. The van der Waals surface area contributed by atoms with Gasteiger partial charge in [0.15, 0.2) is 0 Å². The Morgan fingerprint density at radius 3 is 0.833 bits per heavy atom. The van der Waals surface area contributed by atoms with E-state index in [2.05, 4.69) is 0 Å². The topological polar surface area (TPSA) is 82.6 Å². The van der Waals surface area contributed by atoms with Crippen LogP contribution in [0.1, 0.15) is 0 Å². The molecule has 0 aromatic carbocycles. The van der Waals surface area contributed by atoms with E-state index < -0.39 is 0 Å². The minimum Gasteiger partial charge on any atom is -0.512 e. The first-order chi connectivity index (χ1) is 2.00. The second-order valence-corrected chi connectivity index (χ2v) is 0. The predicted octanol–water partition coefficient (Wildman–Crippen LogP) is 0.352. The molecule has 0 spiro atoms. The van der Waals surface area contributed by atoms with E-state index in [1.54, 1.807) is 0 Å². The van der Waals surface area contributed by atoms with Crippen molar-refractivity contribution in [2.45, 2.75) is 0 Å². The fourth-order valence-corrected chi connectivity index (χ4v) is 0. The second kappa shape index (κ2) is 183. The summed E-state index contributed by atoms with van der Waals surface area (Å²) >= 11 is 0. The molecule has 3 nitrogen and oxygen atoms in total. The number of nitrogens with zero attached hydrogens (tertiary/aromatic N) is 2. The summed E-state index contributed by atoms with van der Waals surface area (Å²) in [5, 5.41) is 12.5. The number of rotatable bonds is 0. The van der Waals surface area contributed by atoms with Crippen LogP contribution in [0.3, 0.4) is 0 Å². The molecule has 0 heterocycles. The Morgan fingerprint density at radius 1 is 0.833 bits per heavy atom. The molecule has 6 heavy (non-hydrogen) atoms. The smallest absolute Gasteiger partial charge is 0.512 e. The van der Waals surface area contributed by atoms with Crippen LogP contribution in [0.25, 0.3) is 0 Å². The van der Waals surface area contributed by atoms with Crippen molar-refractivity contribution in [3.63, 3.8) is 0 Å². The van der Waals surface area contributed by atoms with Crippen molar-refractivity contribution >= 4 is 0 Å². The first-order valence-electron chi connectivity index (χ1n) is 0.447. The van der Waals surface area contributed by atoms with Crippen molar-refractivity contribution in [1.29, 1.82) is 10.5 Å². The minimum atomic E-state index is 0. The summed E-state index contributed by atoms with van der Waals surface area (Å²) in [5.74, 6) is 0. The molecular weight excluding hydrogens is 130 g/mol. The Bertz CT molecular complexity index is 24.3. The van der Waals surface area contributed by atoms with Gasteiger partial charge in [-0.2, -0.15) is 0 Å². The normalized spacial score (nSPS) is 0.667. The van der Waals surface area contributed by atoms with Gasteiger partial charge in [0.25, 0.3) is 0 Å². The molecule has 0 fully saturated rings. The molecule has 0 aliphatic heterocycles. The number of hydrogen-bond donors (Lipinski definition) is 1. The van der Waals surface area contributed by atoms with E-state index >= 15 is 0 Å². The van der Waals surface area contributed by atoms with Crippen LogP contribution >= 0.6 is 0 Å². The van der Waals surface area contributed by atoms with Crippen LogP contribution in [0.2, 0.25) is 0 Å². The summed E-state index contributed by atoms with van der Waals surface area (Å²) in [7, 11) is 0. The predicted molar refractivity (Wildman–Crippen MR) is 15.0 cm³/mol. The Morgan fingerprint density at radius 2 is 0.833 bits per heavy atom. The Labute approximate surface area is 47.6 Å². The van der Waals surface area contributed by atoms with E-state index in [4.69, 9.17) is 23.7 Å². The fraction of sp³-hybridized carbons (Fsp3) is 0. The molecule has 4 heteroatoms. The maximum Gasteiger partial charge on any atom is 2.00 e. The van der Waals surface area contributed by atoms with Gasteiger partial charge in [0.05, 0.1) is 0 Å². The van der Waals surface area contributed by atoms with E-state index in [-0.39, 0.29) is 23.2 Å². The van der Waals surface area contributed by atoms with Crippen LogP contribution in [-0.2, 0) is 17.1 Å². The molecule has 0 saturated heterocycles. The molecule has 0 amide bonds. The molecule has 0 aliphatic carbocycles. The molecule has 37 valence electrons. The summed E-state index contributed by atoms with van der Waals surface area (Å²) in [4.78, 5) is 0. The maximum absolute atomic E-state index is 6.25. The Balaban J connectivity index is -0.00000000500. The van der Waals surface area contributed by atoms with E-state index in [1.165, 1.54) is 0 Å². The van der Waals surface area contributed by atoms with Gasteiger partial charge in [0.1, 0.15) is 0 Å². The van der Waals surface area contributed by atoms with Crippen LogP contribution in [-0.4, -0.2) is 0 Å². The van der Waals surface area contributed by atoms with Gasteiger partial charge in [0, 0.05) is 0 Å². The summed E-state index contributed by atoms with van der Waals surface area (Å²) < 4.78 is 0. The average molecular weight is 133 g/mol. The monoisotopic (exact) mass is 132 g/mol. The van der Waals surface area contributed by atoms with Crippen molar-refractivity contribution in [1.82, 2.24) is 6.15 Å². The van der Waals surface area contributed by atoms with Gasteiger partial charge in [-0.3, -0.25) is 0 Å². The standard InChI is InChI=1S/2CN.Cu.H3N/c2*1-2;;/h;;;1H3/q2*-1;+2;. The summed E-state index contributed by atoms with van der Waals surface area (Å²) in [6.07, 6.45) is 0. The maximum atomic E-state index is 6.25. The van der Waals surface area contributed by atoms with Crippen molar-refractivity contribution in [3.05, 3.63) is 13.1 Å². The molecular formula is C2H3CuN3. The molecule has 0 aromatic heterocycles. The van der Waals surface area contributed by atoms with Gasteiger partial charge in [-0.1, -0.05) is 0 Å². The first-order valence-corrected chi connectivity index (χ1v) is 0.447. The summed E-state index contributed by atoms with van der Waals surface area (Å²) in [6, 6.07) is 0. The zero-order chi connectivity index (χ0) is 4.00. The van der Waals surface area contributed by atoms with Gasteiger partial charge in [-0.15, -0.1) is 0 Å². The molecule has 1 radical (unpaired) electrons. The number of hydrogen-bond acceptors (Lipinski definition) is 3.